The lowest BCUT2D eigenvalue weighted by molar-refractivity contribution is 0.569. The molecule has 14 aromatic carbocycles. The summed E-state index contributed by atoms with van der Waals surface area (Å²) >= 11 is 0. The highest BCUT2D eigenvalue weighted by Gasteiger charge is 2.47. The van der Waals surface area contributed by atoms with Gasteiger partial charge in [0.1, 0.15) is 0 Å². The Morgan fingerprint density at radius 1 is 0.200 bits per heavy atom. The molecule has 18 rings (SSSR count). The van der Waals surface area contributed by atoms with Crippen molar-refractivity contribution < 1.29 is 0 Å². The Labute approximate surface area is 746 Å². The minimum Gasteiger partial charge on any atom is -0.310 e. The van der Waals surface area contributed by atoms with Gasteiger partial charge in [0.2, 0.25) is 0 Å². The molecule has 0 atom stereocenters. The number of para-hydroxylation sites is 3. The van der Waals surface area contributed by atoms with E-state index in [1.54, 1.807) is 0 Å². The summed E-state index contributed by atoms with van der Waals surface area (Å²) in [5, 5.41) is 4.85. The van der Waals surface area contributed by atoms with Crippen molar-refractivity contribution in [2.75, 3.05) is 9.80 Å². The molecule has 16 aromatic rings. The molecule has 5 heteroatoms. The highest BCUT2D eigenvalue weighted by molar-refractivity contribution is 7.00. The standard InChI is InChI=1S/C120H127BN4/c1-112(2,3)80-50-41-74(42-51-80)95-67-86(118(19,20)21)68-96(75-43-52-81(53-44-75)113(4,5)6)108(95)124-103-65-78(79-63-84(116(13,14)15)66-85(64-79)117(16,17)18)49-61-99(103)121-100-62-58-90(123-102-40-34-32-38-92(102)94-60-59-93-91-37-31-33-39-101(91)122(110(93)111(94)123)89-35-29-28-30-36-89)73-104(100)125(106-72-88(120(25,26)27)71-105(124)107(106)121)109-97(76-45-54-82(55-46-76)114(7,8)9)69-87(119(22,23)24)70-98(109)77-47-56-83(57-48-77)115(10,11)12/h28-73H,1-27H3. The maximum atomic E-state index is 2.81. The van der Waals surface area contributed by atoms with Crippen molar-refractivity contribution in [3.8, 4) is 67.0 Å². The summed E-state index contributed by atoms with van der Waals surface area (Å²) in [6.45, 7) is 63.7. The van der Waals surface area contributed by atoms with Gasteiger partial charge in [-0.1, -0.05) is 387 Å². The lowest BCUT2D eigenvalue weighted by Gasteiger charge is -2.47. The van der Waals surface area contributed by atoms with Crippen molar-refractivity contribution in [3.05, 3.63) is 329 Å². The molecule has 0 radical (unpaired) electrons. The molecule has 2 aliphatic heterocycles. The number of rotatable bonds is 9. The Morgan fingerprint density at radius 2 is 0.496 bits per heavy atom. The van der Waals surface area contributed by atoms with E-state index >= 15 is 0 Å². The summed E-state index contributed by atoms with van der Waals surface area (Å²) in [5.74, 6) is 0. The molecule has 4 heterocycles. The zero-order valence-electron chi connectivity index (χ0n) is 79.4. The number of aromatic nitrogens is 2. The van der Waals surface area contributed by atoms with Crippen molar-refractivity contribution in [1.29, 1.82) is 0 Å². The Morgan fingerprint density at radius 3 is 0.848 bits per heavy atom. The minimum absolute atomic E-state index is 0.0729. The first-order valence-corrected chi connectivity index (χ1v) is 45.7. The van der Waals surface area contributed by atoms with Gasteiger partial charge in [0.05, 0.1) is 33.4 Å². The summed E-state index contributed by atoms with van der Waals surface area (Å²) < 4.78 is 5.16. The number of hydrogen-bond acceptors (Lipinski definition) is 2. The highest BCUT2D eigenvalue weighted by Crippen LogP contribution is 2.57. The largest absolute Gasteiger partial charge is 0.310 e. The highest BCUT2D eigenvalue weighted by atomic mass is 15.2. The van der Waals surface area contributed by atoms with Crippen LogP contribution < -0.4 is 26.2 Å². The van der Waals surface area contributed by atoms with Gasteiger partial charge in [-0.2, -0.15) is 0 Å². The predicted molar refractivity (Wildman–Crippen MR) is 545 cm³/mol. The van der Waals surface area contributed by atoms with Crippen molar-refractivity contribution in [1.82, 2.24) is 9.13 Å². The fraction of sp³-hybridized carbons (Fsp3) is 0.300. The predicted octanol–water partition coefficient (Wildman–Crippen LogP) is 32.0. The molecule has 0 bridgehead atoms. The molecular formula is C120H127BN4. The molecule has 125 heavy (non-hydrogen) atoms. The molecule has 0 amide bonds. The number of fused-ring (bicyclic) bond motifs is 11. The van der Waals surface area contributed by atoms with Crippen LogP contribution in [-0.2, 0) is 48.7 Å². The van der Waals surface area contributed by atoms with Gasteiger partial charge in [-0.15, -0.1) is 0 Å². The maximum Gasteiger partial charge on any atom is 0.252 e. The molecule has 0 unspecified atom stereocenters. The third-order valence-electron chi connectivity index (χ3n) is 27.3. The lowest BCUT2D eigenvalue weighted by Crippen LogP contribution is -2.61. The topological polar surface area (TPSA) is 16.3 Å². The molecule has 0 aliphatic carbocycles. The van der Waals surface area contributed by atoms with Crippen LogP contribution in [0.15, 0.2) is 279 Å². The van der Waals surface area contributed by atoms with Crippen LogP contribution in [0.5, 0.6) is 0 Å². The third kappa shape index (κ3) is 14.9. The van der Waals surface area contributed by atoms with Crippen molar-refractivity contribution in [2.24, 2.45) is 0 Å². The second-order valence-corrected chi connectivity index (χ2v) is 45.6. The van der Waals surface area contributed by atoms with E-state index in [1.165, 1.54) is 166 Å². The maximum absolute atomic E-state index is 2.81. The van der Waals surface area contributed by atoms with Crippen LogP contribution in [0.1, 0.15) is 237 Å². The average molecular weight is 1640 g/mol. The average Bonchev–Trinajstić information content (AvgIpc) is 1.69. The van der Waals surface area contributed by atoms with E-state index < -0.39 is 0 Å². The van der Waals surface area contributed by atoms with Crippen LogP contribution in [0.2, 0.25) is 0 Å². The first kappa shape index (κ1) is 84.2. The van der Waals surface area contributed by atoms with Gasteiger partial charge in [0, 0.05) is 77.9 Å². The molecule has 2 aromatic heterocycles. The number of benzene rings is 14. The van der Waals surface area contributed by atoms with Crippen LogP contribution in [0.3, 0.4) is 0 Å². The summed E-state index contributed by atoms with van der Waals surface area (Å²) in [6.07, 6.45) is 0. The zero-order valence-corrected chi connectivity index (χ0v) is 79.4. The summed E-state index contributed by atoms with van der Waals surface area (Å²) in [4.78, 5) is 5.62. The molecule has 0 spiro atoms. The number of nitrogens with zero attached hydrogens (tertiary/aromatic N) is 4. The van der Waals surface area contributed by atoms with Gasteiger partial charge in [-0.05, 0) is 227 Å². The monoisotopic (exact) mass is 1640 g/mol. The molecular weight excluding hydrogens is 1510 g/mol. The Bertz CT molecular complexity index is 6760. The summed E-state index contributed by atoms with van der Waals surface area (Å²) in [5.41, 5.74) is 39.5. The fourth-order valence-electron chi connectivity index (χ4n) is 19.6. The van der Waals surface area contributed by atoms with Gasteiger partial charge < -0.3 is 18.9 Å². The van der Waals surface area contributed by atoms with Gasteiger partial charge in [-0.3, -0.25) is 0 Å². The summed E-state index contributed by atoms with van der Waals surface area (Å²) in [7, 11) is 0. The van der Waals surface area contributed by atoms with Crippen molar-refractivity contribution in [2.45, 2.75) is 236 Å². The van der Waals surface area contributed by atoms with Gasteiger partial charge in [0.25, 0.3) is 6.71 Å². The van der Waals surface area contributed by atoms with Gasteiger partial charge in [0.15, 0.2) is 0 Å². The lowest BCUT2D eigenvalue weighted by atomic mass is 9.33. The van der Waals surface area contributed by atoms with Crippen LogP contribution in [0, 0.1) is 0 Å². The number of hydrogen-bond donors (Lipinski definition) is 0. The first-order valence-electron chi connectivity index (χ1n) is 45.7. The Balaban J connectivity index is 1.06. The van der Waals surface area contributed by atoms with E-state index in [-0.39, 0.29) is 55.4 Å². The smallest absolute Gasteiger partial charge is 0.252 e. The number of anilines is 6. The van der Waals surface area contributed by atoms with Crippen LogP contribution in [0.25, 0.3) is 111 Å². The van der Waals surface area contributed by atoms with Crippen LogP contribution in [0.4, 0.5) is 34.1 Å². The van der Waals surface area contributed by atoms with E-state index in [9.17, 15) is 0 Å². The van der Waals surface area contributed by atoms with Crippen molar-refractivity contribution in [3.63, 3.8) is 0 Å². The quantitative estimate of drug-likeness (QED) is 0.134. The van der Waals surface area contributed by atoms with Crippen molar-refractivity contribution >= 4 is 101 Å². The fourth-order valence-corrected chi connectivity index (χ4v) is 19.6. The summed E-state index contributed by atoms with van der Waals surface area (Å²) in [6, 6.07) is 111. The van der Waals surface area contributed by atoms with Gasteiger partial charge >= 0.3 is 0 Å². The van der Waals surface area contributed by atoms with E-state index in [0.29, 0.717) is 0 Å². The van der Waals surface area contributed by atoms with Gasteiger partial charge in [-0.25, -0.2) is 0 Å². The second kappa shape index (κ2) is 29.5. The molecule has 0 saturated heterocycles. The molecule has 2 aliphatic rings. The van der Waals surface area contributed by atoms with E-state index in [1.807, 2.05) is 0 Å². The van der Waals surface area contributed by atoms with Crippen LogP contribution >= 0.6 is 0 Å². The Kier molecular flexibility index (Phi) is 19.9. The normalized spacial score (nSPS) is 13.7. The first-order chi connectivity index (χ1) is 58.7. The van der Waals surface area contributed by atoms with E-state index in [2.05, 4.69) is 485 Å². The molecule has 0 N–H and O–H groups in total. The zero-order chi connectivity index (χ0) is 88.9. The molecule has 0 saturated carbocycles. The third-order valence-corrected chi connectivity index (χ3v) is 27.3. The molecule has 630 valence electrons. The molecule has 0 fully saturated rings. The van der Waals surface area contributed by atoms with E-state index in [0.717, 1.165) is 45.3 Å². The second-order valence-electron chi connectivity index (χ2n) is 45.6. The Hall–Kier alpha value is -11.7. The SMILES string of the molecule is CC(C)(C)c1ccc(-c2cc(C(C)(C)C)cc(-c3ccc(C(C)(C)C)cc3)c2N2c3cc(-c4cc(C(C)(C)C)cc(C(C)(C)C)c4)ccc3B3c4ccc(-n5c6ccccc6c6ccc7c8ccccc8n(-c8ccccc8)c7c65)cc4N(c4c(-c5ccc(C(C)(C)C)cc5)cc(C(C)(C)C)cc4-c4ccc(C(C)(C)C)cc4)c4cc(C(C)(C)C)cc2c43)cc1. The van der Waals surface area contributed by atoms with Crippen LogP contribution in [-0.4, -0.2) is 15.8 Å². The molecule has 4 nitrogen and oxygen atoms in total. The minimum atomic E-state index is -0.383. The van der Waals surface area contributed by atoms with E-state index in [4.69, 9.17) is 0 Å².